The van der Waals surface area contributed by atoms with Crippen LogP contribution in [0.2, 0.25) is 0 Å². The van der Waals surface area contributed by atoms with E-state index in [4.69, 9.17) is 23.5 Å². The molecule has 0 aromatic carbocycles. The Labute approximate surface area is 132 Å². The van der Waals surface area contributed by atoms with Gasteiger partial charge < -0.3 is 28.6 Å². The molecule has 3 saturated heterocycles. The smallest absolute Gasteiger partial charge is 0.401 e. The Morgan fingerprint density at radius 2 is 1.41 bits per heavy atom. The van der Waals surface area contributed by atoms with Crippen molar-refractivity contribution in [1.82, 2.24) is 0 Å². The molecule has 0 saturated carbocycles. The molecule has 0 aromatic rings. The van der Waals surface area contributed by atoms with Gasteiger partial charge in [0.25, 0.3) is 0 Å². The normalized spacial score (nSPS) is 45.3. The molecule has 0 aliphatic carbocycles. The standard InChI is InChI=1S/C15H27BO6/c1-12(2)13(3,4)22-16(21-12)11-9-10(15(7,8-17)20-11)19-14(5,6)18-9/h9-11,17H,8H2,1-7H3/t9-,10+,11-,15-/m1/s1. The van der Waals surface area contributed by atoms with Crippen molar-refractivity contribution in [2.75, 3.05) is 6.61 Å². The highest BCUT2D eigenvalue weighted by molar-refractivity contribution is 6.47. The summed E-state index contributed by atoms with van der Waals surface area (Å²) in [6, 6.07) is -0.440. The zero-order valence-corrected chi connectivity index (χ0v) is 14.5. The molecule has 1 N–H and O–H groups in total. The summed E-state index contributed by atoms with van der Waals surface area (Å²) >= 11 is 0. The van der Waals surface area contributed by atoms with E-state index in [2.05, 4.69) is 0 Å². The van der Waals surface area contributed by atoms with Gasteiger partial charge in [-0.2, -0.15) is 0 Å². The molecule has 22 heavy (non-hydrogen) atoms. The Morgan fingerprint density at radius 1 is 0.864 bits per heavy atom. The van der Waals surface area contributed by atoms with Gasteiger partial charge in [0.2, 0.25) is 0 Å². The molecule has 3 aliphatic heterocycles. The average Bonchev–Trinajstić information content (AvgIpc) is 2.89. The number of hydrogen-bond acceptors (Lipinski definition) is 6. The van der Waals surface area contributed by atoms with Crippen LogP contribution >= 0.6 is 0 Å². The van der Waals surface area contributed by atoms with Gasteiger partial charge in [0, 0.05) is 0 Å². The Morgan fingerprint density at radius 3 is 1.91 bits per heavy atom. The molecular formula is C15H27BO6. The third-order valence-electron chi connectivity index (χ3n) is 5.31. The number of hydrogen-bond donors (Lipinski definition) is 1. The van der Waals surface area contributed by atoms with E-state index >= 15 is 0 Å². The summed E-state index contributed by atoms with van der Waals surface area (Å²) < 4.78 is 30.2. The molecule has 3 fully saturated rings. The zero-order valence-electron chi connectivity index (χ0n) is 14.5. The lowest BCUT2D eigenvalue weighted by Gasteiger charge is -2.32. The van der Waals surface area contributed by atoms with Gasteiger partial charge >= 0.3 is 7.12 Å². The fourth-order valence-corrected chi connectivity index (χ4v) is 3.31. The van der Waals surface area contributed by atoms with Crippen molar-refractivity contribution < 1.29 is 28.6 Å². The van der Waals surface area contributed by atoms with Crippen LogP contribution < -0.4 is 0 Å². The van der Waals surface area contributed by atoms with Crippen LogP contribution in [0.4, 0.5) is 0 Å². The van der Waals surface area contributed by atoms with E-state index in [1.54, 1.807) is 0 Å². The lowest BCUT2D eigenvalue weighted by Crippen LogP contribution is -2.44. The van der Waals surface area contributed by atoms with Crippen molar-refractivity contribution in [2.24, 2.45) is 0 Å². The number of ether oxygens (including phenoxy) is 3. The second-order valence-electron chi connectivity index (χ2n) is 8.20. The van der Waals surface area contributed by atoms with Gasteiger partial charge in [-0.25, -0.2) is 0 Å². The van der Waals surface area contributed by atoms with E-state index in [0.29, 0.717) is 0 Å². The van der Waals surface area contributed by atoms with Crippen LogP contribution in [0.25, 0.3) is 0 Å². The minimum atomic E-state index is -0.827. The molecule has 126 valence electrons. The van der Waals surface area contributed by atoms with Gasteiger partial charge in [0.1, 0.15) is 23.8 Å². The maximum absolute atomic E-state index is 9.77. The van der Waals surface area contributed by atoms with Crippen LogP contribution in [0.1, 0.15) is 48.5 Å². The van der Waals surface area contributed by atoms with Gasteiger partial charge in [-0.1, -0.05) is 0 Å². The van der Waals surface area contributed by atoms with Crippen molar-refractivity contribution in [2.45, 2.75) is 89.3 Å². The lowest BCUT2D eigenvalue weighted by molar-refractivity contribution is -0.205. The SMILES string of the molecule is CC1(C)O[C@H]2[C@H](B3OC(C)(C)C(C)(C)O3)O[C@](C)(CO)[C@H]2O1. The summed E-state index contributed by atoms with van der Waals surface area (Å²) in [4.78, 5) is 0. The maximum Gasteiger partial charge on any atom is 0.491 e. The molecule has 0 amide bonds. The monoisotopic (exact) mass is 314 g/mol. The molecule has 0 unspecified atom stereocenters. The Hall–Kier alpha value is -0.175. The molecule has 0 bridgehead atoms. The van der Waals surface area contributed by atoms with Crippen LogP contribution in [-0.2, 0) is 23.5 Å². The van der Waals surface area contributed by atoms with E-state index in [1.165, 1.54) is 0 Å². The summed E-state index contributed by atoms with van der Waals surface area (Å²) in [5.41, 5.74) is -1.71. The number of aliphatic hydroxyl groups excluding tert-OH is 1. The molecular weight excluding hydrogens is 287 g/mol. The highest BCUT2D eigenvalue weighted by Crippen LogP contribution is 2.47. The number of aliphatic hydroxyl groups is 1. The largest absolute Gasteiger partial charge is 0.491 e. The highest BCUT2D eigenvalue weighted by Gasteiger charge is 2.67. The van der Waals surface area contributed by atoms with E-state index in [9.17, 15) is 5.11 Å². The van der Waals surface area contributed by atoms with E-state index in [0.717, 1.165) is 0 Å². The predicted molar refractivity (Wildman–Crippen MR) is 80.3 cm³/mol. The first-order valence-electron chi connectivity index (χ1n) is 7.91. The third kappa shape index (κ3) is 2.34. The van der Waals surface area contributed by atoms with Gasteiger partial charge in [-0.15, -0.1) is 0 Å². The van der Waals surface area contributed by atoms with Crippen molar-refractivity contribution in [1.29, 1.82) is 0 Å². The van der Waals surface area contributed by atoms with Crippen LogP contribution in [0.15, 0.2) is 0 Å². The molecule has 0 spiro atoms. The highest BCUT2D eigenvalue weighted by atomic mass is 16.8. The van der Waals surface area contributed by atoms with Crippen LogP contribution in [-0.4, -0.2) is 59.6 Å². The lowest BCUT2D eigenvalue weighted by atomic mass is 9.77. The fourth-order valence-electron chi connectivity index (χ4n) is 3.31. The van der Waals surface area contributed by atoms with Crippen molar-refractivity contribution in [3.8, 4) is 0 Å². The maximum atomic E-state index is 9.77. The molecule has 3 heterocycles. The summed E-state index contributed by atoms with van der Waals surface area (Å²) in [5, 5.41) is 9.77. The number of rotatable bonds is 2. The van der Waals surface area contributed by atoms with E-state index in [1.807, 2.05) is 48.5 Å². The van der Waals surface area contributed by atoms with E-state index < -0.39 is 35.7 Å². The Bertz CT molecular complexity index is 449. The summed E-state index contributed by atoms with van der Waals surface area (Å²) in [5.74, 6) is -0.711. The van der Waals surface area contributed by atoms with Crippen molar-refractivity contribution in [3.05, 3.63) is 0 Å². The quantitative estimate of drug-likeness (QED) is 0.775. The zero-order chi connectivity index (χ0) is 16.6. The first-order chi connectivity index (χ1) is 9.91. The van der Waals surface area contributed by atoms with Crippen LogP contribution in [0.3, 0.4) is 0 Å². The first-order valence-corrected chi connectivity index (χ1v) is 7.91. The molecule has 6 nitrogen and oxygen atoms in total. The van der Waals surface area contributed by atoms with E-state index in [-0.39, 0.29) is 18.8 Å². The average molecular weight is 314 g/mol. The summed E-state index contributed by atoms with van der Waals surface area (Å²) in [6.45, 7) is 13.4. The molecule has 7 heteroatoms. The topological polar surface area (TPSA) is 66.4 Å². The molecule has 4 atom stereocenters. The molecule has 0 radical (unpaired) electrons. The minimum absolute atomic E-state index is 0.149. The molecule has 3 rings (SSSR count). The van der Waals surface area contributed by atoms with Crippen LogP contribution in [0, 0.1) is 0 Å². The Kier molecular flexibility index (Phi) is 3.55. The second kappa shape index (κ2) is 4.68. The van der Waals surface area contributed by atoms with Crippen LogP contribution in [0.5, 0.6) is 0 Å². The third-order valence-corrected chi connectivity index (χ3v) is 5.31. The number of fused-ring (bicyclic) bond motifs is 1. The van der Waals surface area contributed by atoms with Gasteiger partial charge in [0.15, 0.2) is 5.79 Å². The fraction of sp³-hybridized carbons (Fsp3) is 1.00. The first kappa shape index (κ1) is 16.7. The summed E-state index contributed by atoms with van der Waals surface area (Å²) in [6.07, 6.45) is -0.682. The predicted octanol–water partition coefficient (Wildman–Crippen LogP) is 1.29. The van der Waals surface area contributed by atoms with Gasteiger partial charge in [-0.05, 0) is 48.5 Å². The minimum Gasteiger partial charge on any atom is -0.401 e. The summed E-state index contributed by atoms with van der Waals surface area (Å²) in [7, 11) is -0.552. The van der Waals surface area contributed by atoms with Gasteiger partial charge in [-0.3, -0.25) is 0 Å². The van der Waals surface area contributed by atoms with Crippen molar-refractivity contribution >= 4 is 7.12 Å². The molecule has 0 aromatic heterocycles. The Balaban J connectivity index is 1.87. The van der Waals surface area contributed by atoms with Crippen molar-refractivity contribution in [3.63, 3.8) is 0 Å². The molecule has 3 aliphatic rings. The van der Waals surface area contributed by atoms with Gasteiger partial charge in [0.05, 0.1) is 17.8 Å². The second-order valence-corrected chi connectivity index (χ2v) is 8.20.